The van der Waals surface area contributed by atoms with Crippen molar-refractivity contribution in [2.75, 3.05) is 13.7 Å². The van der Waals surface area contributed by atoms with Crippen LogP contribution < -0.4 is 9.94 Å². The van der Waals surface area contributed by atoms with E-state index in [9.17, 15) is 13.2 Å². The lowest BCUT2D eigenvalue weighted by Gasteiger charge is -2.18. The first-order valence-corrected chi connectivity index (χ1v) is 11.7. The van der Waals surface area contributed by atoms with Gasteiger partial charge in [0, 0.05) is 19.2 Å². The van der Waals surface area contributed by atoms with Crippen molar-refractivity contribution in [2.45, 2.75) is 37.6 Å². The maximum Gasteiger partial charge on any atom is 0.279 e. The third-order valence-electron chi connectivity index (χ3n) is 4.70. The van der Waals surface area contributed by atoms with E-state index < -0.39 is 10.0 Å². The molecule has 7 nitrogen and oxygen atoms in total. The summed E-state index contributed by atoms with van der Waals surface area (Å²) in [6.07, 6.45) is 0. The van der Waals surface area contributed by atoms with Gasteiger partial charge in [-0.25, -0.2) is 13.6 Å². The van der Waals surface area contributed by atoms with Crippen molar-refractivity contribution in [1.29, 1.82) is 0 Å². The predicted molar refractivity (Wildman–Crippen MR) is 118 cm³/mol. The number of sulfonamides is 1. The van der Waals surface area contributed by atoms with Gasteiger partial charge in [0.05, 0.1) is 21.7 Å². The number of nitrogens with zero attached hydrogens (tertiary/aromatic N) is 2. The van der Waals surface area contributed by atoms with Crippen molar-refractivity contribution in [3.05, 3.63) is 58.4 Å². The number of fused-ring (bicyclic) bond motifs is 1. The number of hydrogen-bond donors (Lipinski definition) is 1. The molecule has 0 unspecified atom stereocenters. The Morgan fingerprint density at radius 1 is 1.17 bits per heavy atom. The molecule has 1 amide bonds. The molecule has 0 aliphatic rings. The van der Waals surface area contributed by atoms with Gasteiger partial charge in [-0.05, 0) is 41.3 Å². The number of carbonyl (C=O) groups is 1. The molecule has 0 saturated carbocycles. The van der Waals surface area contributed by atoms with E-state index >= 15 is 0 Å². The van der Waals surface area contributed by atoms with Crippen LogP contribution in [0.25, 0.3) is 10.2 Å². The number of primary sulfonamides is 1. The maximum absolute atomic E-state index is 12.8. The Morgan fingerprint density at radius 3 is 2.40 bits per heavy atom. The first-order chi connectivity index (χ1) is 14.0. The van der Waals surface area contributed by atoms with Gasteiger partial charge < -0.3 is 9.30 Å². The number of ether oxygens (including phenoxy) is 1. The highest BCUT2D eigenvalue weighted by Gasteiger charge is 2.16. The van der Waals surface area contributed by atoms with Crippen molar-refractivity contribution < 1.29 is 17.9 Å². The largest absolute Gasteiger partial charge is 0.383 e. The molecule has 1 aromatic heterocycles. The first-order valence-electron chi connectivity index (χ1n) is 9.35. The van der Waals surface area contributed by atoms with Gasteiger partial charge in [-0.3, -0.25) is 4.79 Å². The number of hydrogen-bond acceptors (Lipinski definition) is 5. The van der Waals surface area contributed by atoms with Gasteiger partial charge in [0.2, 0.25) is 10.0 Å². The molecule has 0 fully saturated rings. The Labute approximate surface area is 179 Å². The molecular weight excluding hydrogens is 422 g/mol. The molecule has 3 rings (SSSR count). The minimum absolute atomic E-state index is 0.00555. The van der Waals surface area contributed by atoms with Gasteiger partial charge in [0.1, 0.15) is 0 Å². The van der Waals surface area contributed by atoms with E-state index in [2.05, 4.69) is 25.8 Å². The smallest absolute Gasteiger partial charge is 0.279 e. The topological polar surface area (TPSA) is 104 Å². The van der Waals surface area contributed by atoms with Crippen molar-refractivity contribution in [3.63, 3.8) is 0 Å². The zero-order chi connectivity index (χ0) is 22.1. The van der Waals surface area contributed by atoms with E-state index in [-0.39, 0.29) is 16.2 Å². The monoisotopic (exact) mass is 447 g/mol. The van der Waals surface area contributed by atoms with Gasteiger partial charge in [-0.15, -0.1) is 0 Å². The van der Waals surface area contributed by atoms with E-state index in [4.69, 9.17) is 9.88 Å². The molecule has 1 heterocycles. The van der Waals surface area contributed by atoms with E-state index in [1.165, 1.54) is 23.5 Å². The predicted octanol–water partition coefficient (Wildman–Crippen LogP) is 3.04. The highest BCUT2D eigenvalue weighted by Crippen LogP contribution is 2.23. The number of amides is 1. The summed E-state index contributed by atoms with van der Waals surface area (Å²) in [6.45, 7) is 7.23. The summed E-state index contributed by atoms with van der Waals surface area (Å²) in [5.74, 6) is -0.361. The van der Waals surface area contributed by atoms with Crippen molar-refractivity contribution in [1.82, 2.24) is 4.57 Å². The van der Waals surface area contributed by atoms with Crippen molar-refractivity contribution >= 4 is 37.5 Å². The number of aromatic nitrogens is 1. The molecule has 30 heavy (non-hydrogen) atoms. The number of nitrogens with two attached hydrogens (primary N) is 1. The second kappa shape index (κ2) is 8.43. The third-order valence-corrected chi connectivity index (χ3v) is 6.65. The van der Waals surface area contributed by atoms with Crippen LogP contribution in [-0.2, 0) is 26.7 Å². The van der Waals surface area contributed by atoms with Crippen LogP contribution in [-0.4, -0.2) is 32.6 Å². The molecule has 0 aliphatic heterocycles. The van der Waals surface area contributed by atoms with Crippen molar-refractivity contribution in [2.24, 2.45) is 10.1 Å². The standard InChI is InChI=1S/C21H25N3O4S2/c1-21(2,3)15-7-5-14(6-8-15)19(25)23-20-24(11-12-28-4)17-10-9-16(30(22,26)27)13-18(17)29-20/h5-10,13H,11-12H2,1-4H3,(H2,22,26,27). The quantitative estimate of drug-likeness (QED) is 0.649. The SMILES string of the molecule is COCCn1c(=NC(=O)c2ccc(C(C)(C)C)cc2)sc2cc(S(N)(=O)=O)ccc21. The van der Waals surface area contributed by atoms with Crippen LogP contribution in [0.1, 0.15) is 36.7 Å². The van der Waals surface area contributed by atoms with E-state index in [0.29, 0.717) is 28.2 Å². The molecule has 160 valence electrons. The van der Waals surface area contributed by atoms with Gasteiger partial charge in [-0.2, -0.15) is 4.99 Å². The van der Waals surface area contributed by atoms with E-state index in [0.717, 1.165) is 11.1 Å². The third kappa shape index (κ3) is 4.86. The molecular formula is C21H25N3O4S2. The van der Waals surface area contributed by atoms with E-state index in [1.54, 1.807) is 25.3 Å². The summed E-state index contributed by atoms with van der Waals surface area (Å²) in [5, 5.41) is 5.24. The number of benzene rings is 2. The lowest BCUT2D eigenvalue weighted by atomic mass is 9.87. The molecule has 0 bridgehead atoms. The van der Waals surface area contributed by atoms with Gasteiger partial charge in [-0.1, -0.05) is 44.2 Å². The van der Waals surface area contributed by atoms with Gasteiger partial charge in [0.15, 0.2) is 4.80 Å². The lowest BCUT2D eigenvalue weighted by molar-refractivity contribution is 0.0997. The molecule has 0 radical (unpaired) electrons. The summed E-state index contributed by atoms with van der Waals surface area (Å²) < 4.78 is 31.0. The Kier molecular flexibility index (Phi) is 6.28. The molecule has 0 saturated heterocycles. The van der Waals surface area contributed by atoms with Crippen LogP contribution >= 0.6 is 11.3 Å². The second-order valence-electron chi connectivity index (χ2n) is 7.95. The van der Waals surface area contributed by atoms with Crippen LogP contribution in [0.3, 0.4) is 0 Å². The minimum Gasteiger partial charge on any atom is -0.383 e. The highest BCUT2D eigenvalue weighted by molar-refractivity contribution is 7.89. The molecule has 2 aromatic carbocycles. The normalized spacial score (nSPS) is 13.2. The summed E-state index contributed by atoms with van der Waals surface area (Å²) in [6, 6.07) is 12.0. The number of rotatable bonds is 5. The maximum atomic E-state index is 12.8. The fraction of sp³-hybridized carbons (Fsp3) is 0.333. The number of methoxy groups -OCH3 is 1. The van der Waals surface area contributed by atoms with Crippen molar-refractivity contribution in [3.8, 4) is 0 Å². The highest BCUT2D eigenvalue weighted by atomic mass is 32.2. The van der Waals surface area contributed by atoms with Gasteiger partial charge >= 0.3 is 0 Å². The average Bonchev–Trinajstić information content (AvgIpc) is 3.01. The summed E-state index contributed by atoms with van der Waals surface area (Å²) >= 11 is 1.23. The molecule has 9 heteroatoms. The Bertz CT molecular complexity index is 1250. The van der Waals surface area contributed by atoms with Gasteiger partial charge in [0.25, 0.3) is 5.91 Å². The molecule has 2 N–H and O–H groups in total. The Morgan fingerprint density at radius 2 is 1.83 bits per heavy atom. The average molecular weight is 448 g/mol. The van der Waals surface area contributed by atoms with Crippen LogP contribution in [0.2, 0.25) is 0 Å². The number of thiazole rings is 1. The zero-order valence-electron chi connectivity index (χ0n) is 17.4. The van der Waals surface area contributed by atoms with Crippen LogP contribution in [0, 0.1) is 0 Å². The Balaban J connectivity index is 2.08. The lowest BCUT2D eigenvalue weighted by Crippen LogP contribution is -2.19. The summed E-state index contributed by atoms with van der Waals surface area (Å²) in [4.78, 5) is 17.6. The van der Waals surface area contributed by atoms with Crippen LogP contribution in [0.4, 0.5) is 0 Å². The van der Waals surface area contributed by atoms with Crippen LogP contribution in [0.5, 0.6) is 0 Å². The molecule has 0 atom stereocenters. The first kappa shape index (κ1) is 22.4. The summed E-state index contributed by atoms with van der Waals surface area (Å²) in [7, 11) is -2.23. The number of carbonyl (C=O) groups excluding carboxylic acids is 1. The minimum atomic E-state index is -3.82. The molecule has 0 spiro atoms. The van der Waals surface area contributed by atoms with E-state index in [1.807, 2.05) is 16.7 Å². The molecule has 0 aliphatic carbocycles. The Hall–Kier alpha value is -2.33. The zero-order valence-corrected chi connectivity index (χ0v) is 19.0. The molecule has 3 aromatic rings. The summed E-state index contributed by atoms with van der Waals surface area (Å²) in [5.41, 5.74) is 2.38. The fourth-order valence-electron chi connectivity index (χ4n) is 2.98. The van der Waals surface area contributed by atoms with Crippen LogP contribution in [0.15, 0.2) is 52.4 Å². The fourth-order valence-corrected chi connectivity index (χ4v) is 4.69. The second-order valence-corrected chi connectivity index (χ2v) is 10.5.